The third kappa shape index (κ3) is 2.58. The molecule has 0 amide bonds. The van der Waals surface area contributed by atoms with Crippen LogP contribution in [0.2, 0.25) is 0 Å². The summed E-state index contributed by atoms with van der Waals surface area (Å²) in [5.74, 6) is -5.53. The molecule has 8 nitrogen and oxygen atoms in total. The lowest BCUT2D eigenvalue weighted by Gasteiger charge is -2.12. The SMILES string of the molecule is C=C(F)/C(F)=C(/F)c1nc2c3ccc4c(=O)n5c(C#N)c(C#N)nc5c5ccc(c(=O)n2c1CF)c3c45. The van der Waals surface area contributed by atoms with Gasteiger partial charge in [0.05, 0.1) is 5.69 Å². The first kappa shape index (κ1) is 22.1. The highest BCUT2D eigenvalue weighted by atomic mass is 19.2. The lowest BCUT2D eigenvalue weighted by atomic mass is 9.96. The summed E-state index contributed by atoms with van der Waals surface area (Å²) in [4.78, 5) is 34.9. The van der Waals surface area contributed by atoms with Crippen LogP contribution in [0.3, 0.4) is 0 Å². The Balaban J connectivity index is 1.89. The van der Waals surface area contributed by atoms with Crippen molar-refractivity contribution in [3.05, 3.63) is 86.0 Å². The van der Waals surface area contributed by atoms with Crippen LogP contribution in [-0.2, 0) is 6.67 Å². The number of hydrogen-bond donors (Lipinski definition) is 0. The van der Waals surface area contributed by atoms with Crippen LogP contribution in [0.4, 0.5) is 17.6 Å². The molecule has 178 valence electrons. The molecule has 4 heterocycles. The minimum Gasteiger partial charge on any atom is -0.268 e. The molecule has 0 aliphatic heterocycles. The summed E-state index contributed by atoms with van der Waals surface area (Å²) in [5, 5.41) is 20.0. The van der Waals surface area contributed by atoms with Gasteiger partial charge in [0.25, 0.3) is 11.1 Å². The fraction of sp³-hybridized carbons (Fsp3) is 0.0400. The molecule has 0 fully saturated rings. The van der Waals surface area contributed by atoms with Gasteiger partial charge in [0, 0.05) is 32.3 Å². The number of rotatable bonds is 3. The Bertz CT molecular complexity index is 2250. The van der Waals surface area contributed by atoms with Crippen LogP contribution in [0, 0.1) is 22.7 Å². The van der Waals surface area contributed by atoms with Gasteiger partial charge in [-0.15, -0.1) is 0 Å². The third-order valence-corrected chi connectivity index (χ3v) is 6.34. The maximum Gasteiger partial charge on any atom is 0.265 e. The fourth-order valence-corrected chi connectivity index (χ4v) is 4.82. The summed E-state index contributed by atoms with van der Waals surface area (Å²) < 4.78 is 57.8. The maximum atomic E-state index is 14.7. The number of fused-ring (bicyclic) bond motifs is 4. The van der Waals surface area contributed by atoms with E-state index in [0.717, 1.165) is 8.80 Å². The van der Waals surface area contributed by atoms with Crippen molar-refractivity contribution >= 4 is 49.4 Å². The van der Waals surface area contributed by atoms with E-state index < -0.39 is 46.7 Å². The van der Waals surface area contributed by atoms with Crippen LogP contribution in [-0.4, -0.2) is 18.8 Å². The number of aromatic nitrogens is 4. The normalized spacial score (nSPS) is 12.6. The molecule has 37 heavy (non-hydrogen) atoms. The van der Waals surface area contributed by atoms with Crippen molar-refractivity contribution < 1.29 is 17.6 Å². The lowest BCUT2D eigenvalue weighted by molar-refractivity contribution is 0.470. The van der Waals surface area contributed by atoms with E-state index >= 15 is 0 Å². The van der Waals surface area contributed by atoms with Gasteiger partial charge in [0.2, 0.25) is 0 Å². The summed E-state index contributed by atoms with van der Waals surface area (Å²) in [7, 11) is 0. The van der Waals surface area contributed by atoms with Crippen LogP contribution in [0.15, 0.2) is 52.1 Å². The van der Waals surface area contributed by atoms with Crippen LogP contribution in [0.5, 0.6) is 0 Å². The first-order valence-electron chi connectivity index (χ1n) is 10.5. The molecule has 0 unspecified atom stereocenters. The summed E-state index contributed by atoms with van der Waals surface area (Å²) in [5.41, 5.74) is -3.76. The van der Waals surface area contributed by atoms with E-state index in [1.807, 2.05) is 0 Å². The Morgan fingerprint density at radius 1 is 0.865 bits per heavy atom. The Hall–Kier alpha value is -5.36. The van der Waals surface area contributed by atoms with Crippen molar-refractivity contribution in [3.8, 4) is 12.1 Å². The van der Waals surface area contributed by atoms with Gasteiger partial charge in [0.15, 0.2) is 28.9 Å². The summed E-state index contributed by atoms with van der Waals surface area (Å²) in [6, 6.07) is 9.19. The number of halogens is 4. The predicted molar refractivity (Wildman–Crippen MR) is 125 cm³/mol. The first-order chi connectivity index (χ1) is 17.7. The average molecular weight is 500 g/mol. The second-order valence-corrected chi connectivity index (χ2v) is 8.11. The van der Waals surface area contributed by atoms with Gasteiger partial charge in [0.1, 0.15) is 35.8 Å². The largest absolute Gasteiger partial charge is 0.268 e. The van der Waals surface area contributed by atoms with E-state index in [4.69, 9.17) is 0 Å². The molecular weight excluding hydrogens is 492 g/mol. The highest BCUT2D eigenvalue weighted by molar-refractivity contribution is 6.27. The highest BCUT2D eigenvalue weighted by Crippen LogP contribution is 2.37. The molecule has 0 aliphatic rings. The smallest absolute Gasteiger partial charge is 0.265 e. The molecule has 12 heteroatoms. The summed E-state index contributed by atoms with van der Waals surface area (Å²) >= 11 is 0. The minimum absolute atomic E-state index is 0.00957. The molecule has 6 rings (SSSR count). The molecule has 0 spiro atoms. The van der Waals surface area contributed by atoms with Crippen LogP contribution >= 0.6 is 0 Å². The number of alkyl halides is 1. The number of imidazole rings is 2. The quantitative estimate of drug-likeness (QED) is 0.203. The van der Waals surface area contributed by atoms with Crippen molar-refractivity contribution in [1.82, 2.24) is 18.8 Å². The molecule has 2 aromatic carbocycles. The molecule has 0 atom stereocenters. The number of nitriles is 2. The van der Waals surface area contributed by atoms with E-state index in [9.17, 15) is 37.7 Å². The van der Waals surface area contributed by atoms with Gasteiger partial charge in [-0.3, -0.25) is 14.0 Å². The molecule has 0 radical (unpaired) electrons. The molecule has 0 aliphatic carbocycles. The predicted octanol–water partition coefficient (Wildman–Crippen LogP) is 4.34. The second kappa shape index (κ2) is 7.32. The van der Waals surface area contributed by atoms with Crippen molar-refractivity contribution in [2.24, 2.45) is 0 Å². The monoisotopic (exact) mass is 500 g/mol. The van der Waals surface area contributed by atoms with E-state index in [1.54, 1.807) is 12.1 Å². The average Bonchev–Trinajstić information content (AvgIpc) is 3.48. The Morgan fingerprint density at radius 3 is 1.92 bits per heavy atom. The topological polar surface area (TPSA) is 116 Å². The number of hydrogen-bond acceptors (Lipinski definition) is 6. The van der Waals surface area contributed by atoms with E-state index in [-0.39, 0.29) is 49.6 Å². The van der Waals surface area contributed by atoms with E-state index in [1.165, 1.54) is 24.3 Å². The molecule has 6 aromatic rings. The van der Waals surface area contributed by atoms with Crippen molar-refractivity contribution in [2.45, 2.75) is 6.67 Å². The van der Waals surface area contributed by atoms with Gasteiger partial charge in [-0.2, -0.15) is 10.5 Å². The van der Waals surface area contributed by atoms with Crippen LogP contribution in [0.1, 0.15) is 22.8 Å². The van der Waals surface area contributed by atoms with Gasteiger partial charge in [-0.05, 0) is 24.3 Å². The second-order valence-electron chi connectivity index (χ2n) is 8.11. The Labute approximate surface area is 201 Å². The number of nitrogens with zero attached hydrogens (tertiary/aromatic N) is 6. The van der Waals surface area contributed by atoms with E-state index in [2.05, 4.69) is 16.5 Å². The van der Waals surface area contributed by atoms with Gasteiger partial charge >= 0.3 is 0 Å². The van der Waals surface area contributed by atoms with Crippen molar-refractivity contribution in [3.63, 3.8) is 0 Å². The van der Waals surface area contributed by atoms with Crippen molar-refractivity contribution in [1.29, 1.82) is 10.5 Å². The van der Waals surface area contributed by atoms with Crippen LogP contribution < -0.4 is 11.1 Å². The summed E-state index contributed by atoms with van der Waals surface area (Å²) in [6.45, 7) is 1.26. The molecule has 0 N–H and O–H groups in total. The molecule has 0 saturated heterocycles. The Morgan fingerprint density at radius 2 is 1.41 bits per heavy atom. The maximum absolute atomic E-state index is 14.7. The Kier molecular flexibility index (Phi) is 4.38. The standard InChI is InChI=1S/C25H8F4N6O2/c1-9(27)19(28)20(29)21-15(6-26)34-23(33-21)11-3-5-13-17-10(2-4-12(18(11)17)24(34)36)22-32-14(7-30)16(8-31)35(22)25(13)37/h2-5H,1,6H2/b20-19-. The zero-order chi connectivity index (χ0) is 26.3. The molecular formula is C25H8F4N6O2. The molecule has 0 saturated carbocycles. The lowest BCUT2D eigenvalue weighted by Crippen LogP contribution is -2.18. The number of allylic oxidation sites excluding steroid dienone is 2. The van der Waals surface area contributed by atoms with E-state index in [0.29, 0.717) is 5.39 Å². The molecule has 4 aromatic heterocycles. The van der Waals surface area contributed by atoms with Gasteiger partial charge < -0.3 is 0 Å². The fourth-order valence-electron chi connectivity index (χ4n) is 4.82. The minimum atomic E-state index is -1.98. The van der Waals surface area contributed by atoms with Gasteiger partial charge in [-0.25, -0.2) is 31.9 Å². The third-order valence-electron chi connectivity index (χ3n) is 6.34. The zero-order valence-corrected chi connectivity index (χ0v) is 18.2. The number of benzene rings is 2. The first-order valence-corrected chi connectivity index (χ1v) is 10.5. The zero-order valence-electron chi connectivity index (χ0n) is 18.2. The van der Waals surface area contributed by atoms with Crippen LogP contribution in [0.25, 0.3) is 49.4 Å². The molecule has 0 bridgehead atoms. The van der Waals surface area contributed by atoms with Crippen molar-refractivity contribution in [2.75, 3.05) is 0 Å². The van der Waals surface area contributed by atoms with Gasteiger partial charge in [-0.1, -0.05) is 6.58 Å². The highest BCUT2D eigenvalue weighted by Gasteiger charge is 2.27. The summed E-state index contributed by atoms with van der Waals surface area (Å²) in [6.07, 6.45) is 0. The number of pyridine rings is 2.